The molecule has 5 nitrogen and oxygen atoms in total. The molecule has 136 valence electrons. The first-order chi connectivity index (χ1) is 12.7. The highest BCUT2D eigenvalue weighted by atomic mass is 32.2. The van der Waals surface area contributed by atoms with Crippen molar-refractivity contribution in [3.8, 4) is 11.5 Å². The van der Waals surface area contributed by atoms with E-state index in [-0.39, 0.29) is 5.91 Å². The maximum absolute atomic E-state index is 12.7. The smallest absolute Gasteiger partial charge is 0.283 e. The van der Waals surface area contributed by atoms with Gasteiger partial charge in [0.1, 0.15) is 11.5 Å². The van der Waals surface area contributed by atoms with Gasteiger partial charge < -0.3 is 14.0 Å². The molecule has 1 amide bonds. The van der Waals surface area contributed by atoms with Crippen molar-refractivity contribution < 1.29 is 14.3 Å². The van der Waals surface area contributed by atoms with Crippen LogP contribution >= 0.6 is 23.1 Å². The lowest BCUT2D eigenvalue weighted by molar-refractivity contribution is 0.0995. The molecule has 0 unspecified atom stereocenters. The zero-order chi connectivity index (χ0) is 18.5. The van der Waals surface area contributed by atoms with Gasteiger partial charge in [-0.15, -0.1) is 0 Å². The van der Waals surface area contributed by atoms with Crippen molar-refractivity contribution in [1.82, 2.24) is 4.57 Å². The third-order valence-corrected chi connectivity index (χ3v) is 5.58. The highest BCUT2D eigenvalue weighted by molar-refractivity contribution is 7.98. The molecule has 7 heteroatoms. The van der Waals surface area contributed by atoms with Crippen LogP contribution in [0.4, 0.5) is 0 Å². The van der Waals surface area contributed by atoms with Crippen molar-refractivity contribution in [1.29, 1.82) is 0 Å². The quantitative estimate of drug-likeness (QED) is 0.644. The fraction of sp³-hybridized carbons (Fsp3) is 0.263. The number of nitrogens with zero attached hydrogens (tertiary/aromatic N) is 2. The zero-order valence-corrected chi connectivity index (χ0v) is 16.5. The minimum absolute atomic E-state index is 0.307. The van der Waals surface area contributed by atoms with Gasteiger partial charge in [-0.05, 0) is 36.6 Å². The van der Waals surface area contributed by atoms with Gasteiger partial charge >= 0.3 is 0 Å². The molecule has 0 N–H and O–H groups in total. The van der Waals surface area contributed by atoms with Gasteiger partial charge in [-0.25, -0.2) is 0 Å². The first-order valence-corrected chi connectivity index (χ1v) is 10.3. The number of methoxy groups -OCH3 is 2. The van der Waals surface area contributed by atoms with E-state index in [0.717, 1.165) is 28.3 Å². The zero-order valence-electron chi connectivity index (χ0n) is 14.9. The fourth-order valence-electron chi connectivity index (χ4n) is 2.63. The molecule has 0 aliphatic rings. The number of thiazole rings is 1. The molecule has 1 heterocycles. The summed E-state index contributed by atoms with van der Waals surface area (Å²) < 4.78 is 13.7. The number of hydrogen-bond donors (Lipinski definition) is 0. The Hall–Kier alpha value is -2.25. The summed E-state index contributed by atoms with van der Waals surface area (Å²) >= 11 is 3.24. The predicted molar refractivity (Wildman–Crippen MR) is 108 cm³/mol. The van der Waals surface area contributed by atoms with Crippen LogP contribution in [-0.4, -0.2) is 36.7 Å². The first kappa shape index (κ1) is 18.5. The maximum Gasteiger partial charge on any atom is 0.283 e. The summed E-state index contributed by atoms with van der Waals surface area (Å²) in [5.74, 6) is 1.95. The van der Waals surface area contributed by atoms with Crippen LogP contribution in [0, 0.1) is 0 Å². The largest absolute Gasteiger partial charge is 0.497 e. The van der Waals surface area contributed by atoms with Crippen LogP contribution in [0.15, 0.2) is 47.5 Å². The number of para-hydroxylation sites is 1. The molecular formula is C19H20N2O3S2. The molecular weight excluding hydrogens is 368 g/mol. The molecule has 2 aromatic carbocycles. The van der Waals surface area contributed by atoms with Crippen molar-refractivity contribution in [2.24, 2.45) is 4.99 Å². The van der Waals surface area contributed by atoms with Gasteiger partial charge in [0.15, 0.2) is 4.80 Å². The number of aryl methyl sites for hydroxylation is 1. The summed E-state index contributed by atoms with van der Waals surface area (Å²) in [5.41, 5.74) is 1.51. The standard InChI is InChI=1S/C19H20N2O3S2/c1-23-13-8-9-15-17(12-13)26-19(21(15)10-11-25-3)20-18(22)14-6-4-5-7-16(14)24-2/h4-9,12H,10-11H2,1-3H3. The number of hydrogen-bond acceptors (Lipinski definition) is 5. The molecule has 0 spiro atoms. The number of fused-ring (bicyclic) bond motifs is 1. The molecule has 0 fully saturated rings. The average Bonchev–Trinajstić information content (AvgIpc) is 3.02. The third-order valence-electron chi connectivity index (χ3n) is 3.94. The summed E-state index contributed by atoms with van der Waals surface area (Å²) in [4.78, 5) is 17.8. The molecule has 0 saturated heterocycles. The SMILES string of the molecule is COc1ccc2c(c1)sc(=NC(=O)c1ccccc1OC)n2CCSC. The molecule has 0 atom stereocenters. The molecule has 3 rings (SSSR count). The first-order valence-electron chi connectivity index (χ1n) is 8.06. The van der Waals surface area contributed by atoms with E-state index in [1.807, 2.05) is 30.3 Å². The van der Waals surface area contributed by atoms with E-state index >= 15 is 0 Å². The Morgan fingerprint density at radius 1 is 1.19 bits per heavy atom. The van der Waals surface area contributed by atoms with E-state index in [1.54, 1.807) is 38.1 Å². The minimum atomic E-state index is -0.307. The molecule has 3 aromatic rings. The Balaban J connectivity index is 2.12. The summed E-state index contributed by atoms with van der Waals surface area (Å²) in [6.07, 6.45) is 2.06. The summed E-state index contributed by atoms with van der Waals surface area (Å²) in [6.45, 7) is 0.783. The van der Waals surface area contributed by atoms with Gasteiger partial charge in [0, 0.05) is 12.3 Å². The number of aromatic nitrogens is 1. The molecule has 0 radical (unpaired) electrons. The van der Waals surface area contributed by atoms with Crippen molar-refractivity contribution in [3.63, 3.8) is 0 Å². The lowest BCUT2D eigenvalue weighted by Crippen LogP contribution is -2.18. The Kier molecular flexibility index (Phi) is 6.00. The van der Waals surface area contributed by atoms with E-state index < -0.39 is 0 Å². The lowest BCUT2D eigenvalue weighted by atomic mass is 10.2. The second kappa shape index (κ2) is 8.42. The number of carbonyl (C=O) groups is 1. The van der Waals surface area contributed by atoms with E-state index in [4.69, 9.17) is 9.47 Å². The van der Waals surface area contributed by atoms with Crippen molar-refractivity contribution in [2.45, 2.75) is 6.54 Å². The monoisotopic (exact) mass is 388 g/mol. The molecule has 0 aliphatic carbocycles. The normalized spacial score (nSPS) is 11.7. The van der Waals surface area contributed by atoms with Gasteiger partial charge in [0.05, 0.1) is 30.0 Å². The molecule has 0 saturated carbocycles. The predicted octanol–water partition coefficient (Wildman–Crippen LogP) is 3.82. The molecule has 1 aromatic heterocycles. The summed E-state index contributed by atoms with van der Waals surface area (Å²) in [7, 11) is 3.20. The Bertz CT molecular complexity index is 992. The molecule has 26 heavy (non-hydrogen) atoms. The lowest BCUT2D eigenvalue weighted by Gasteiger charge is -2.05. The minimum Gasteiger partial charge on any atom is -0.497 e. The van der Waals surface area contributed by atoms with Gasteiger partial charge in [-0.2, -0.15) is 16.8 Å². The van der Waals surface area contributed by atoms with Gasteiger partial charge in [-0.1, -0.05) is 23.5 Å². The average molecular weight is 389 g/mol. The Morgan fingerprint density at radius 3 is 2.73 bits per heavy atom. The van der Waals surface area contributed by atoms with Crippen LogP contribution in [0.25, 0.3) is 10.2 Å². The second-order valence-corrected chi connectivity index (χ2v) is 7.47. The van der Waals surface area contributed by atoms with E-state index in [2.05, 4.69) is 15.8 Å². The van der Waals surface area contributed by atoms with Crippen LogP contribution in [0.2, 0.25) is 0 Å². The third kappa shape index (κ3) is 3.78. The number of thioether (sulfide) groups is 1. The number of carbonyl (C=O) groups excluding carboxylic acids is 1. The highest BCUT2D eigenvalue weighted by Gasteiger charge is 2.13. The molecule has 0 bridgehead atoms. The van der Waals surface area contributed by atoms with Gasteiger partial charge in [0.2, 0.25) is 0 Å². The van der Waals surface area contributed by atoms with Crippen LogP contribution in [0.3, 0.4) is 0 Å². The summed E-state index contributed by atoms with van der Waals surface area (Å²) in [5, 5.41) is 0. The van der Waals surface area contributed by atoms with Crippen molar-refractivity contribution >= 4 is 39.2 Å². The highest BCUT2D eigenvalue weighted by Crippen LogP contribution is 2.24. The van der Waals surface area contributed by atoms with E-state index in [9.17, 15) is 4.79 Å². The van der Waals surface area contributed by atoms with Crippen LogP contribution in [0.5, 0.6) is 11.5 Å². The van der Waals surface area contributed by atoms with Gasteiger partial charge in [0.25, 0.3) is 5.91 Å². The van der Waals surface area contributed by atoms with Crippen molar-refractivity contribution in [3.05, 3.63) is 52.8 Å². The van der Waals surface area contributed by atoms with Crippen LogP contribution in [0.1, 0.15) is 10.4 Å². The second-order valence-electron chi connectivity index (χ2n) is 5.48. The topological polar surface area (TPSA) is 52.8 Å². The summed E-state index contributed by atoms with van der Waals surface area (Å²) in [6, 6.07) is 13.0. The van der Waals surface area contributed by atoms with Crippen molar-refractivity contribution in [2.75, 3.05) is 26.2 Å². The number of rotatable bonds is 6. The van der Waals surface area contributed by atoms with Crippen LogP contribution in [-0.2, 0) is 6.54 Å². The van der Waals surface area contributed by atoms with Crippen LogP contribution < -0.4 is 14.3 Å². The fourth-order valence-corrected chi connectivity index (χ4v) is 4.08. The number of ether oxygens (including phenoxy) is 2. The van der Waals surface area contributed by atoms with Gasteiger partial charge in [-0.3, -0.25) is 4.79 Å². The maximum atomic E-state index is 12.7. The Labute approximate surface area is 160 Å². The Morgan fingerprint density at radius 2 is 2.00 bits per heavy atom. The number of benzene rings is 2. The molecule has 0 aliphatic heterocycles. The van der Waals surface area contributed by atoms with E-state index in [0.29, 0.717) is 16.1 Å². The van der Waals surface area contributed by atoms with E-state index in [1.165, 1.54) is 11.3 Å². The number of amides is 1.